The lowest BCUT2D eigenvalue weighted by atomic mass is 9.96. The molecule has 0 aliphatic rings. The molecule has 2 heteroatoms. The van der Waals surface area contributed by atoms with Crippen molar-refractivity contribution in [3.05, 3.63) is 77.9 Å². The minimum Gasteiger partial charge on any atom is -0.507 e. The maximum atomic E-state index is 10.0. The van der Waals surface area contributed by atoms with Gasteiger partial charge in [0.1, 0.15) is 11.5 Å². The van der Waals surface area contributed by atoms with Crippen molar-refractivity contribution < 1.29 is 10.2 Å². The Bertz CT molecular complexity index is 592. The average molecular weight is 266 g/mol. The fourth-order valence-electron chi connectivity index (χ4n) is 2.03. The van der Waals surface area contributed by atoms with Gasteiger partial charge >= 0.3 is 0 Å². The van der Waals surface area contributed by atoms with Gasteiger partial charge in [0.2, 0.25) is 0 Å². The third-order valence-corrected chi connectivity index (χ3v) is 3.02. The Hall–Kier alpha value is -2.48. The smallest absolute Gasteiger partial charge is 0.123 e. The van der Waals surface area contributed by atoms with Crippen LogP contribution in [-0.2, 0) is 0 Å². The molecule has 0 spiro atoms. The average Bonchev–Trinajstić information content (AvgIpc) is 2.46. The number of benzene rings is 2. The van der Waals surface area contributed by atoms with E-state index in [1.165, 1.54) is 0 Å². The lowest BCUT2D eigenvalue weighted by Crippen LogP contribution is -1.89. The summed E-state index contributed by atoms with van der Waals surface area (Å²) in [4.78, 5) is 0. The second-order valence-electron chi connectivity index (χ2n) is 4.45. The van der Waals surface area contributed by atoms with Crippen LogP contribution in [0.5, 0.6) is 11.5 Å². The Morgan fingerprint density at radius 1 is 0.900 bits per heavy atom. The minimum absolute atomic E-state index is 0.201. The first-order valence-corrected chi connectivity index (χ1v) is 6.67. The van der Waals surface area contributed by atoms with E-state index in [0.29, 0.717) is 11.1 Å². The normalized spacial score (nSPS) is 10.7. The summed E-state index contributed by atoms with van der Waals surface area (Å²) in [6.07, 6.45) is 6.81. The van der Waals surface area contributed by atoms with Gasteiger partial charge in [-0.05, 0) is 24.1 Å². The SMILES string of the molecule is CCC=CC=C(c1ccccc1O)c1ccccc1O. The standard InChI is InChI=1S/C18H18O2/c1-2-3-4-9-14(15-10-5-7-12-17(15)19)16-11-6-8-13-18(16)20/h3-13,19-20H,2H2,1H3. The van der Waals surface area contributed by atoms with Crippen LogP contribution in [0, 0.1) is 0 Å². The van der Waals surface area contributed by atoms with Crippen LogP contribution in [0.2, 0.25) is 0 Å². The van der Waals surface area contributed by atoms with Gasteiger partial charge in [0.05, 0.1) is 0 Å². The number of allylic oxidation sites excluding steroid dienone is 3. The van der Waals surface area contributed by atoms with Gasteiger partial charge in [-0.25, -0.2) is 0 Å². The molecule has 0 amide bonds. The van der Waals surface area contributed by atoms with E-state index in [4.69, 9.17) is 0 Å². The van der Waals surface area contributed by atoms with Gasteiger partial charge in [0, 0.05) is 11.1 Å². The first kappa shape index (κ1) is 13.9. The monoisotopic (exact) mass is 266 g/mol. The molecule has 2 aromatic carbocycles. The molecule has 2 aromatic rings. The van der Waals surface area contributed by atoms with Gasteiger partial charge < -0.3 is 10.2 Å². The zero-order chi connectivity index (χ0) is 14.4. The van der Waals surface area contributed by atoms with Crippen molar-refractivity contribution >= 4 is 5.57 Å². The van der Waals surface area contributed by atoms with Crippen LogP contribution in [0.25, 0.3) is 5.57 Å². The second kappa shape index (κ2) is 6.62. The predicted octanol–water partition coefficient (Wildman–Crippen LogP) is 4.50. The number of rotatable bonds is 4. The van der Waals surface area contributed by atoms with Gasteiger partial charge in [0.25, 0.3) is 0 Å². The van der Waals surface area contributed by atoms with Crippen LogP contribution in [0.1, 0.15) is 24.5 Å². The lowest BCUT2D eigenvalue weighted by Gasteiger charge is -2.11. The highest BCUT2D eigenvalue weighted by atomic mass is 16.3. The summed E-state index contributed by atoms with van der Waals surface area (Å²) in [5.41, 5.74) is 2.20. The van der Waals surface area contributed by atoms with Gasteiger partial charge in [-0.15, -0.1) is 0 Å². The summed E-state index contributed by atoms with van der Waals surface area (Å²) >= 11 is 0. The molecule has 0 atom stereocenters. The third-order valence-electron chi connectivity index (χ3n) is 3.02. The Morgan fingerprint density at radius 3 is 1.85 bits per heavy atom. The van der Waals surface area contributed by atoms with E-state index < -0.39 is 0 Å². The molecule has 0 radical (unpaired) electrons. The molecule has 0 unspecified atom stereocenters. The molecule has 102 valence electrons. The summed E-state index contributed by atoms with van der Waals surface area (Å²) < 4.78 is 0. The van der Waals surface area contributed by atoms with Crippen LogP contribution >= 0.6 is 0 Å². The summed E-state index contributed by atoms with van der Waals surface area (Å²) in [5, 5.41) is 20.1. The fourth-order valence-corrected chi connectivity index (χ4v) is 2.03. The van der Waals surface area contributed by atoms with Gasteiger partial charge in [-0.2, -0.15) is 0 Å². The van der Waals surface area contributed by atoms with E-state index in [0.717, 1.165) is 12.0 Å². The van der Waals surface area contributed by atoms with Gasteiger partial charge in [0.15, 0.2) is 0 Å². The van der Waals surface area contributed by atoms with Crippen LogP contribution in [0.4, 0.5) is 0 Å². The first-order valence-electron chi connectivity index (χ1n) is 6.67. The van der Waals surface area contributed by atoms with Crippen molar-refractivity contribution in [2.75, 3.05) is 0 Å². The number of hydrogen-bond donors (Lipinski definition) is 2. The van der Waals surface area contributed by atoms with E-state index >= 15 is 0 Å². The van der Waals surface area contributed by atoms with E-state index in [1.807, 2.05) is 42.5 Å². The Morgan fingerprint density at radius 2 is 1.40 bits per heavy atom. The van der Waals surface area contributed by atoms with Crippen molar-refractivity contribution in [1.82, 2.24) is 0 Å². The van der Waals surface area contributed by atoms with Crippen molar-refractivity contribution in [2.24, 2.45) is 0 Å². The molecule has 0 saturated heterocycles. The van der Waals surface area contributed by atoms with Crippen LogP contribution < -0.4 is 0 Å². The number of para-hydroxylation sites is 2. The molecular formula is C18H18O2. The summed E-state index contributed by atoms with van der Waals surface area (Å²) in [5.74, 6) is 0.402. The molecule has 20 heavy (non-hydrogen) atoms. The summed E-state index contributed by atoms with van der Waals surface area (Å²) in [7, 11) is 0. The molecule has 2 rings (SSSR count). The molecule has 2 nitrogen and oxygen atoms in total. The topological polar surface area (TPSA) is 40.5 Å². The Labute approximate surface area is 119 Å². The molecule has 0 aliphatic carbocycles. The Kier molecular flexibility index (Phi) is 4.61. The van der Waals surface area contributed by atoms with Crippen LogP contribution in [-0.4, -0.2) is 10.2 Å². The highest BCUT2D eigenvalue weighted by molar-refractivity contribution is 5.85. The maximum absolute atomic E-state index is 10.0. The predicted molar refractivity (Wildman–Crippen MR) is 82.7 cm³/mol. The zero-order valence-corrected chi connectivity index (χ0v) is 11.5. The highest BCUT2D eigenvalue weighted by Crippen LogP contribution is 2.34. The third kappa shape index (κ3) is 3.09. The summed E-state index contributed by atoms with van der Waals surface area (Å²) in [6.45, 7) is 2.06. The number of aromatic hydroxyl groups is 2. The van der Waals surface area contributed by atoms with Crippen LogP contribution in [0.15, 0.2) is 66.8 Å². The minimum atomic E-state index is 0.201. The second-order valence-corrected chi connectivity index (χ2v) is 4.45. The maximum Gasteiger partial charge on any atom is 0.123 e. The van der Waals surface area contributed by atoms with Crippen molar-refractivity contribution in [3.8, 4) is 11.5 Å². The molecule has 2 N–H and O–H groups in total. The molecule has 0 aliphatic heterocycles. The molecule has 0 saturated carbocycles. The van der Waals surface area contributed by atoms with E-state index in [-0.39, 0.29) is 11.5 Å². The van der Waals surface area contributed by atoms with Crippen LogP contribution in [0.3, 0.4) is 0 Å². The number of phenols is 2. The van der Waals surface area contributed by atoms with Crippen molar-refractivity contribution in [1.29, 1.82) is 0 Å². The van der Waals surface area contributed by atoms with Gasteiger partial charge in [-0.1, -0.05) is 61.5 Å². The van der Waals surface area contributed by atoms with E-state index in [2.05, 4.69) is 6.92 Å². The molecular weight excluding hydrogens is 248 g/mol. The molecule has 0 heterocycles. The van der Waals surface area contributed by atoms with Crippen molar-refractivity contribution in [3.63, 3.8) is 0 Å². The molecule has 0 bridgehead atoms. The first-order chi connectivity index (χ1) is 9.74. The Balaban J connectivity index is 2.57. The quantitative estimate of drug-likeness (QED) is 0.800. The van der Waals surface area contributed by atoms with E-state index in [9.17, 15) is 10.2 Å². The molecule has 0 fully saturated rings. The number of hydrogen-bond acceptors (Lipinski definition) is 2. The zero-order valence-electron chi connectivity index (χ0n) is 11.5. The number of phenolic OH excluding ortho intramolecular Hbond substituents is 2. The fraction of sp³-hybridized carbons (Fsp3) is 0.111. The van der Waals surface area contributed by atoms with Crippen molar-refractivity contribution in [2.45, 2.75) is 13.3 Å². The lowest BCUT2D eigenvalue weighted by molar-refractivity contribution is 0.471. The largest absolute Gasteiger partial charge is 0.507 e. The highest BCUT2D eigenvalue weighted by Gasteiger charge is 2.11. The van der Waals surface area contributed by atoms with E-state index in [1.54, 1.807) is 24.3 Å². The molecule has 0 aromatic heterocycles. The summed E-state index contributed by atoms with van der Waals surface area (Å²) in [6, 6.07) is 14.3. The van der Waals surface area contributed by atoms with Gasteiger partial charge in [-0.3, -0.25) is 0 Å².